The van der Waals surface area contributed by atoms with Gasteiger partial charge >= 0.3 is 0 Å². The molecule has 2 atom stereocenters. The van der Waals surface area contributed by atoms with Gasteiger partial charge in [0.05, 0.1) is 5.41 Å². The summed E-state index contributed by atoms with van der Waals surface area (Å²) in [6.45, 7) is 2.03. The maximum atomic E-state index is 15.1. The molecule has 4 aliphatic rings. The summed E-state index contributed by atoms with van der Waals surface area (Å²) in [4.78, 5) is 17.4. The molecule has 0 spiro atoms. The van der Waals surface area contributed by atoms with E-state index in [1.165, 1.54) is 5.56 Å². The SMILES string of the molecule is Cc1ccc(-c2nc(NC(=O)C34CC5CC(CC(F)(C5)C3)C4)n[nH]2)cc1. The van der Waals surface area contributed by atoms with Gasteiger partial charge in [-0.05, 0) is 57.3 Å². The van der Waals surface area contributed by atoms with Gasteiger partial charge < -0.3 is 0 Å². The van der Waals surface area contributed by atoms with E-state index in [9.17, 15) is 4.79 Å². The number of benzene rings is 1. The molecule has 6 rings (SSSR count). The molecule has 4 bridgehead atoms. The van der Waals surface area contributed by atoms with Gasteiger partial charge in [0, 0.05) is 5.56 Å². The monoisotopic (exact) mass is 354 g/mol. The van der Waals surface area contributed by atoms with Gasteiger partial charge in [-0.25, -0.2) is 4.39 Å². The smallest absolute Gasteiger partial charge is 0.249 e. The highest BCUT2D eigenvalue weighted by atomic mass is 19.1. The number of halogens is 1. The lowest BCUT2D eigenvalue weighted by Crippen LogP contribution is -2.57. The van der Waals surface area contributed by atoms with Crippen molar-refractivity contribution in [1.82, 2.24) is 15.2 Å². The number of H-pyrrole nitrogens is 1. The minimum absolute atomic E-state index is 0.108. The summed E-state index contributed by atoms with van der Waals surface area (Å²) in [5, 5.41) is 9.87. The molecule has 2 N–H and O–H groups in total. The summed E-state index contributed by atoms with van der Waals surface area (Å²) >= 11 is 0. The van der Waals surface area contributed by atoms with Crippen molar-refractivity contribution in [3.8, 4) is 11.4 Å². The van der Waals surface area contributed by atoms with Crippen LogP contribution in [0.3, 0.4) is 0 Å². The van der Waals surface area contributed by atoms with Crippen LogP contribution in [-0.2, 0) is 4.79 Å². The molecule has 4 saturated carbocycles. The van der Waals surface area contributed by atoms with E-state index in [0.717, 1.165) is 24.8 Å². The second-order valence-corrected chi connectivity index (χ2v) is 8.72. The van der Waals surface area contributed by atoms with E-state index >= 15 is 4.39 Å². The Morgan fingerprint density at radius 1 is 1.19 bits per heavy atom. The van der Waals surface area contributed by atoms with Gasteiger partial charge in [-0.1, -0.05) is 29.8 Å². The van der Waals surface area contributed by atoms with E-state index in [1.54, 1.807) is 0 Å². The average molecular weight is 354 g/mol. The summed E-state index contributed by atoms with van der Waals surface area (Å²) in [5.41, 5.74) is 0.363. The van der Waals surface area contributed by atoms with Crippen molar-refractivity contribution in [3.63, 3.8) is 0 Å². The van der Waals surface area contributed by atoms with Crippen molar-refractivity contribution in [2.75, 3.05) is 5.32 Å². The molecule has 4 fully saturated rings. The number of nitrogens with one attached hydrogen (secondary N) is 2. The normalized spacial score (nSPS) is 34.8. The molecule has 136 valence electrons. The largest absolute Gasteiger partial charge is 0.293 e. The molecule has 2 unspecified atom stereocenters. The molecule has 0 radical (unpaired) electrons. The standard InChI is InChI=1S/C20H23FN4O/c1-12-2-4-15(5-3-12)16-22-18(25-24-16)23-17(26)19-7-13-6-14(8-19)10-20(21,9-13)11-19/h2-5,13-14H,6-11H2,1H3,(H2,22,23,24,25,26). The second-order valence-electron chi connectivity index (χ2n) is 8.72. The quantitative estimate of drug-likeness (QED) is 0.874. The molecule has 5 nitrogen and oxygen atoms in total. The number of nitrogens with zero attached hydrogens (tertiary/aromatic N) is 2. The van der Waals surface area contributed by atoms with Crippen LogP contribution in [0.4, 0.5) is 10.3 Å². The molecular formula is C20H23FN4O. The molecule has 2 aromatic rings. The number of hydrogen-bond donors (Lipinski definition) is 2. The van der Waals surface area contributed by atoms with Gasteiger partial charge in [-0.2, -0.15) is 4.98 Å². The highest BCUT2D eigenvalue weighted by molar-refractivity contribution is 5.94. The van der Waals surface area contributed by atoms with E-state index in [2.05, 4.69) is 20.5 Å². The average Bonchev–Trinajstić information content (AvgIpc) is 3.01. The lowest BCUT2D eigenvalue weighted by atomic mass is 9.48. The van der Waals surface area contributed by atoms with Crippen LogP contribution in [0, 0.1) is 24.2 Å². The Morgan fingerprint density at radius 2 is 1.88 bits per heavy atom. The van der Waals surface area contributed by atoms with Crippen LogP contribution in [0.15, 0.2) is 24.3 Å². The number of carbonyl (C=O) groups excluding carboxylic acids is 1. The van der Waals surface area contributed by atoms with Crippen LogP contribution in [0.2, 0.25) is 0 Å². The van der Waals surface area contributed by atoms with E-state index in [1.807, 2.05) is 31.2 Å². The number of carbonyl (C=O) groups is 1. The fourth-order valence-electron chi connectivity index (χ4n) is 5.81. The first-order valence-corrected chi connectivity index (χ1v) is 9.43. The second kappa shape index (κ2) is 5.38. The Bertz CT molecular complexity index is 845. The third-order valence-electron chi connectivity index (χ3n) is 6.51. The van der Waals surface area contributed by atoms with E-state index in [-0.39, 0.29) is 11.9 Å². The molecule has 0 saturated heterocycles. The topological polar surface area (TPSA) is 70.7 Å². The maximum absolute atomic E-state index is 15.1. The molecule has 0 aliphatic heterocycles. The summed E-state index contributed by atoms with van der Waals surface area (Å²) in [6.07, 6.45) is 4.31. The van der Waals surface area contributed by atoms with E-state index in [4.69, 9.17) is 0 Å². The molecule has 6 heteroatoms. The zero-order chi connectivity index (χ0) is 17.9. The Hall–Kier alpha value is -2.24. The van der Waals surface area contributed by atoms with Gasteiger partial charge in [0.15, 0.2) is 5.82 Å². The lowest BCUT2D eigenvalue weighted by molar-refractivity contribution is -0.155. The fourth-order valence-corrected chi connectivity index (χ4v) is 5.81. The zero-order valence-electron chi connectivity index (χ0n) is 14.9. The van der Waals surface area contributed by atoms with Crippen molar-refractivity contribution >= 4 is 11.9 Å². The number of amides is 1. The van der Waals surface area contributed by atoms with Crippen molar-refractivity contribution < 1.29 is 9.18 Å². The number of rotatable bonds is 3. The number of aryl methyl sites for hydroxylation is 1. The number of hydrogen-bond acceptors (Lipinski definition) is 3. The first-order valence-electron chi connectivity index (χ1n) is 9.43. The summed E-state index contributed by atoms with van der Waals surface area (Å²) in [5.74, 6) is 1.48. The zero-order valence-corrected chi connectivity index (χ0v) is 14.9. The predicted octanol–water partition coefficient (Wildman–Crippen LogP) is 4.03. The first kappa shape index (κ1) is 16.0. The molecule has 1 heterocycles. The van der Waals surface area contributed by atoms with Gasteiger partial charge in [0.25, 0.3) is 0 Å². The van der Waals surface area contributed by atoms with Gasteiger partial charge in [-0.15, -0.1) is 5.10 Å². The third kappa shape index (κ3) is 2.54. The molecule has 1 amide bonds. The van der Waals surface area contributed by atoms with Crippen molar-refractivity contribution in [2.24, 2.45) is 17.3 Å². The fraction of sp³-hybridized carbons (Fsp3) is 0.550. The highest BCUT2D eigenvalue weighted by Gasteiger charge is 2.61. The van der Waals surface area contributed by atoms with Crippen LogP contribution in [0.25, 0.3) is 11.4 Å². The van der Waals surface area contributed by atoms with Crippen LogP contribution in [-0.4, -0.2) is 26.8 Å². The summed E-state index contributed by atoms with van der Waals surface area (Å²) < 4.78 is 15.1. The van der Waals surface area contributed by atoms with Gasteiger partial charge in [-0.3, -0.25) is 15.2 Å². The van der Waals surface area contributed by atoms with Crippen molar-refractivity contribution in [1.29, 1.82) is 0 Å². The Kier molecular flexibility index (Phi) is 3.30. The van der Waals surface area contributed by atoms with E-state index in [0.29, 0.717) is 36.9 Å². The van der Waals surface area contributed by atoms with E-state index < -0.39 is 11.1 Å². The van der Waals surface area contributed by atoms with Crippen molar-refractivity contribution in [2.45, 2.75) is 51.1 Å². The Labute approximate surface area is 151 Å². The predicted molar refractivity (Wildman–Crippen MR) is 96.1 cm³/mol. The van der Waals surface area contributed by atoms with Gasteiger partial charge in [0.1, 0.15) is 5.67 Å². The molecule has 1 aromatic heterocycles. The Balaban J connectivity index is 1.36. The molecular weight excluding hydrogens is 331 g/mol. The minimum atomic E-state index is -1.15. The van der Waals surface area contributed by atoms with Crippen molar-refractivity contribution in [3.05, 3.63) is 29.8 Å². The number of alkyl halides is 1. The number of aromatic amines is 1. The summed E-state index contributed by atoms with van der Waals surface area (Å²) in [7, 11) is 0. The lowest BCUT2D eigenvalue weighted by Gasteiger charge is -2.58. The van der Waals surface area contributed by atoms with Crippen LogP contribution >= 0.6 is 0 Å². The third-order valence-corrected chi connectivity index (χ3v) is 6.51. The minimum Gasteiger partial charge on any atom is -0.293 e. The number of aromatic nitrogens is 3. The molecule has 26 heavy (non-hydrogen) atoms. The van der Waals surface area contributed by atoms with Crippen LogP contribution in [0.5, 0.6) is 0 Å². The Morgan fingerprint density at radius 3 is 2.54 bits per heavy atom. The van der Waals surface area contributed by atoms with Gasteiger partial charge in [0.2, 0.25) is 11.9 Å². The first-order chi connectivity index (χ1) is 12.4. The number of anilines is 1. The molecule has 4 aliphatic carbocycles. The molecule has 1 aromatic carbocycles. The maximum Gasteiger partial charge on any atom is 0.249 e. The van der Waals surface area contributed by atoms with Crippen LogP contribution in [0.1, 0.15) is 44.1 Å². The van der Waals surface area contributed by atoms with Crippen LogP contribution < -0.4 is 5.32 Å². The summed E-state index contributed by atoms with van der Waals surface area (Å²) in [6, 6.07) is 7.94. The highest BCUT2D eigenvalue weighted by Crippen LogP contribution is 2.63.